The van der Waals surface area contributed by atoms with Crippen molar-refractivity contribution in [3.8, 4) is 12.3 Å². The smallest absolute Gasteiger partial charge is 0.323 e. The van der Waals surface area contributed by atoms with Gasteiger partial charge in [-0.25, -0.2) is 8.78 Å². The van der Waals surface area contributed by atoms with Crippen molar-refractivity contribution in [3.05, 3.63) is 0 Å². The molecule has 1 N–H and O–H groups in total. The predicted molar refractivity (Wildman–Crippen MR) is 60.0 cm³/mol. The first kappa shape index (κ1) is 14.4. The number of halogens is 2. The van der Waals surface area contributed by atoms with Crippen molar-refractivity contribution < 1.29 is 23.5 Å². The van der Waals surface area contributed by atoms with E-state index in [9.17, 15) is 18.4 Å². The number of rotatable bonds is 4. The van der Waals surface area contributed by atoms with E-state index in [0.717, 1.165) is 4.90 Å². The fourth-order valence-electron chi connectivity index (χ4n) is 2.03. The van der Waals surface area contributed by atoms with Crippen LogP contribution in [0.5, 0.6) is 0 Å². The topological polar surface area (TPSA) is 57.6 Å². The third-order valence-corrected chi connectivity index (χ3v) is 2.99. The summed E-state index contributed by atoms with van der Waals surface area (Å²) in [5.41, 5.74) is 0. The zero-order valence-corrected chi connectivity index (χ0v) is 9.86. The number of amides is 1. The second kappa shape index (κ2) is 5.80. The van der Waals surface area contributed by atoms with Crippen LogP contribution in [0.4, 0.5) is 8.78 Å². The zero-order valence-electron chi connectivity index (χ0n) is 9.86. The van der Waals surface area contributed by atoms with Crippen molar-refractivity contribution in [2.24, 2.45) is 5.92 Å². The highest BCUT2D eigenvalue weighted by Gasteiger charge is 2.38. The zero-order chi connectivity index (χ0) is 13.8. The standard InChI is InChI=1S/C12H15F2NO3/c1-2-7-15(8-10(16)17)11(18)9-3-5-12(13,14)6-4-9/h1,9H,3-8H2,(H,16,17). The Balaban J connectivity index is 2.61. The van der Waals surface area contributed by atoms with Crippen LogP contribution < -0.4 is 0 Å². The number of carbonyl (C=O) groups is 2. The molecule has 0 aromatic heterocycles. The second-order valence-corrected chi connectivity index (χ2v) is 4.42. The summed E-state index contributed by atoms with van der Waals surface area (Å²) in [5.74, 6) is -2.65. The monoisotopic (exact) mass is 259 g/mol. The minimum atomic E-state index is -2.71. The lowest BCUT2D eigenvalue weighted by Gasteiger charge is -2.30. The summed E-state index contributed by atoms with van der Waals surface area (Å²) in [4.78, 5) is 23.6. The Morgan fingerprint density at radius 2 is 1.94 bits per heavy atom. The number of hydrogen-bond donors (Lipinski definition) is 1. The highest BCUT2D eigenvalue weighted by atomic mass is 19.3. The number of aliphatic carboxylic acids is 1. The van der Waals surface area contributed by atoms with Gasteiger partial charge in [0.1, 0.15) is 6.54 Å². The first-order valence-corrected chi connectivity index (χ1v) is 5.67. The van der Waals surface area contributed by atoms with E-state index in [1.165, 1.54) is 0 Å². The Bertz CT molecular complexity index is 366. The highest BCUT2D eigenvalue weighted by molar-refractivity contribution is 5.83. The van der Waals surface area contributed by atoms with Crippen LogP contribution in [0.25, 0.3) is 0 Å². The lowest BCUT2D eigenvalue weighted by Crippen LogP contribution is -2.42. The van der Waals surface area contributed by atoms with E-state index in [-0.39, 0.29) is 32.2 Å². The van der Waals surface area contributed by atoms with Crippen molar-refractivity contribution in [3.63, 3.8) is 0 Å². The van der Waals surface area contributed by atoms with Crippen LogP contribution in [0.15, 0.2) is 0 Å². The molecule has 1 aliphatic rings. The highest BCUT2D eigenvalue weighted by Crippen LogP contribution is 2.36. The normalized spacial score (nSPS) is 18.9. The summed E-state index contributed by atoms with van der Waals surface area (Å²) >= 11 is 0. The summed E-state index contributed by atoms with van der Waals surface area (Å²) in [7, 11) is 0. The van der Waals surface area contributed by atoms with Gasteiger partial charge in [0.2, 0.25) is 11.8 Å². The van der Waals surface area contributed by atoms with Crippen molar-refractivity contribution in [2.75, 3.05) is 13.1 Å². The number of alkyl halides is 2. The van der Waals surface area contributed by atoms with E-state index in [1.54, 1.807) is 0 Å². The van der Waals surface area contributed by atoms with Gasteiger partial charge >= 0.3 is 5.97 Å². The summed E-state index contributed by atoms with van der Waals surface area (Å²) in [6, 6.07) is 0. The first-order chi connectivity index (χ1) is 8.35. The van der Waals surface area contributed by atoms with Gasteiger partial charge in [-0.3, -0.25) is 9.59 Å². The molecule has 0 radical (unpaired) electrons. The van der Waals surface area contributed by atoms with Gasteiger partial charge < -0.3 is 10.0 Å². The van der Waals surface area contributed by atoms with E-state index < -0.39 is 30.3 Å². The molecular formula is C12H15F2NO3. The molecule has 0 unspecified atom stereocenters. The number of carbonyl (C=O) groups excluding carboxylic acids is 1. The van der Waals surface area contributed by atoms with Crippen LogP contribution in [0.2, 0.25) is 0 Å². The summed E-state index contributed by atoms with van der Waals surface area (Å²) in [6.07, 6.45) is 4.54. The molecule has 0 aliphatic heterocycles. The van der Waals surface area contributed by atoms with Crippen LogP contribution in [-0.2, 0) is 9.59 Å². The molecule has 0 aromatic carbocycles. The molecular weight excluding hydrogens is 244 g/mol. The molecule has 1 saturated carbocycles. The quantitative estimate of drug-likeness (QED) is 0.775. The lowest BCUT2D eigenvalue weighted by atomic mass is 9.86. The number of carboxylic acid groups (broad SMARTS) is 1. The number of nitrogens with zero attached hydrogens (tertiary/aromatic N) is 1. The van der Waals surface area contributed by atoms with Gasteiger partial charge in [-0.15, -0.1) is 6.42 Å². The van der Waals surface area contributed by atoms with Crippen LogP contribution in [0, 0.1) is 18.3 Å². The van der Waals surface area contributed by atoms with Crippen LogP contribution in [-0.4, -0.2) is 40.9 Å². The van der Waals surface area contributed by atoms with Gasteiger partial charge in [0.15, 0.2) is 0 Å². The van der Waals surface area contributed by atoms with E-state index in [0.29, 0.717) is 0 Å². The number of carboxylic acids is 1. The Morgan fingerprint density at radius 1 is 1.39 bits per heavy atom. The van der Waals surface area contributed by atoms with E-state index in [2.05, 4.69) is 5.92 Å². The SMILES string of the molecule is C#CCN(CC(=O)O)C(=O)C1CCC(F)(F)CC1. The maximum absolute atomic E-state index is 12.9. The molecule has 1 aliphatic carbocycles. The molecule has 0 aromatic rings. The Hall–Kier alpha value is -1.64. The summed E-state index contributed by atoms with van der Waals surface area (Å²) < 4.78 is 25.9. The third kappa shape index (κ3) is 3.99. The van der Waals surface area contributed by atoms with Crippen molar-refractivity contribution >= 4 is 11.9 Å². The largest absolute Gasteiger partial charge is 0.480 e. The lowest BCUT2D eigenvalue weighted by molar-refractivity contribution is -0.147. The Labute approximate surface area is 104 Å². The molecule has 6 heteroatoms. The van der Waals surface area contributed by atoms with Crippen LogP contribution in [0.1, 0.15) is 25.7 Å². The van der Waals surface area contributed by atoms with Gasteiger partial charge in [0.25, 0.3) is 0 Å². The van der Waals surface area contributed by atoms with Crippen molar-refractivity contribution in [1.82, 2.24) is 4.90 Å². The molecule has 1 amide bonds. The van der Waals surface area contributed by atoms with Crippen molar-refractivity contribution in [1.29, 1.82) is 0 Å². The van der Waals surface area contributed by atoms with Crippen LogP contribution >= 0.6 is 0 Å². The van der Waals surface area contributed by atoms with E-state index in [1.807, 2.05) is 0 Å². The third-order valence-electron chi connectivity index (χ3n) is 2.99. The van der Waals surface area contributed by atoms with E-state index >= 15 is 0 Å². The predicted octanol–water partition coefficient (Wildman–Crippen LogP) is 1.36. The number of terminal acetylenes is 1. The van der Waals surface area contributed by atoms with Gasteiger partial charge in [0, 0.05) is 18.8 Å². The average molecular weight is 259 g/mol. The summed E-state index contributed by atoms with van der Waals surface area (Å²) in [6.45, 7) is -0.603. The number of hydrogen-bond acceptors (Lipinski definition) is 2. The second-order valence-electron chi connectivity index (χ2n) is 4.42. The molecule has 18 heavy (non-hydrogen) atoms. The van der Waals surface area contributed by atoms with E-state index in [4.69, 9.17) is 11.5 Å². The minimum absolute atomic E-state index is 0.0759. The van der Waals surface area contributed by atoms with Gasteiger partial charge in [-0.05, 0) is 12.8 Å². The fourth-order valence-corrected chi connectivity index (χ4v) is 2.03. The minimum Gasteiger partial charge on any atom is -0.480 e. The maximum atomic E-state index is 12.9. The van der Waals surface area contributed by atoms with Crippen LogP contribution in [0.3, 0.4) is 0 Å². The van der Waals surface area contributed by atoms with Gasteiger partial charge in [-0.2, -0.15) is 0 Å². The van der Waals surface area contributed by atoms with Gasteiger partial charge in [-0.1, -0.05) is 5.92 Å². The Morgan fingerprint density at radius 3 is 2.39 bits per heavy atom. The molecule has 0 atom stereocenters. The first-order valence-electron chi connectivity index (χ1n) is 5.67. The molecule has 1 rings (SSSR count). The molecule has 100 valence electrons. The Kier molecular flexibility index (Phi) is 4.65. The maximum Gasteiger partial charge on any atom is 0.323 e. The van der Waals surface area contributed by atoms with Crippen molar-refractivity contribution in [2.45, 2.75) is 31.6 Å². The molecule has 1 fully saturated rings. The fraction of sp³-hybridized carbons (Fsp3) is 0.667. The molecule has 0 heterocycles. The average Bonchev–Trinajstić information content (AvgIpc) is 2.27. The molecule has 0 saturated heterocycles. The summed E-state index contributed by atoms with van der Waals surface area (Å²) in [5, 5.41) is 8.66. The van der Waals surface area contributed by atoms with Gasteiger partial charge in [0.05, 0.1) is 6.54 Å². The molecule has 0 spiro atoms. The molecule has 4 nitrogen and oxygen atoms in total. The molecule has 0 bridgehead atoms.